The van der Waals surface area contributed by atoms with Crippen molar-refractivity contribution in [2.45, 2.75) is 4.90 Å². The third-order valence-electron chi connectivity index (χ3n) is 2.44. The van der Waals surface area contributed by atoms with Gasteiger partial charge in [0.05, 0.1) is 16.4 Å². The highest BCUT2D eigenvalue weighted by atomic mass is 79.9. The van der Waals surface area contributed by atoms with E-state index in [9.17, 15) is 12.8 Å². The minimum atomic E-state index is -3.96. The molecule has 0 saturated carbocycles. The van der Waals surface area contributed by atoms with E-state index in [-0.39, 0.29) is 21.3 Å². The molecule has 0 aromatic heterocycles. The van der Waals surface area contributed by atoms with E-state index in [1.807, 2.05) is 0 Å². The smallest absolute Gasteiger partial charge is 0.264 e. The molecular weight excluding hydrogens is 371 g/mol. The van der Waals surface area contributed by atoms with Crippen LogP contribution in [0, 0.1) is 5.82 Å². The zero-order valence-electron chi connectivity index (χ0n) is 9.90. The van der Waals surface area contributed by atoms with Crippen LogP contribution in [-0.2, 0) is 10.0 Å². The maximum Gasteiger partial charge on any atom is 0.264 e. The number of benzene rings is 2. The number of nitrogens with two attached hydrogens (primary N) is 1. The molecule has 3 N–H and O–H groups in total. The summed E-state index contributed by atoms with van der Waals surface area (Å²) in [5.74, 6) is -0.602. The lowest BCUT2D eigenvalue weighted by atomic mass is 10.3. The molecule has 0 aliphatic rings. The van der Waals surface area contributed by atoms with Crippen LogP contribution < -0.4 is 10.5 Å². The molecule has 0 unspecified atom stereocenters. The highest BCUT2D eigenvalue weighted by Gasteiger charge is 2.19. The molecule has 8 heteroatoms. The fraction of sp³-hybridized carbons (Fsp3) is 0. The Morgan fingerprint density at radius 1 is 1.20 bits per heavy atom. The molecule has 0 saturated heterocycles. The van der Waals surface area contributed by atoms with E-state index < -0.39 is 15.8 Å². The molecular formula is C12H9BrClFN2O2S. The summed E-state index contributed by atoms with van der Waals surface area (Å²) in [6, 6.07) is 7.81. The van der Waals surface area contributed by atoms with E-state index in [1.54, 1.807) is 6.07 Å². The van der Waals surface area contributed by atoms with Crippen LogP contribution in [0.15, 0.2) is 45.8 Å². The van der Waals surface area contributed by atoms with Crippen LogP contribution >= 0.6 is 27.5 Å². The Bertz CT molecular complexity index is 768. The second-order valence-corrected chi connectivity index (χ2v) is 6.89. The summed E-state index contributed by atoms with van der Waals surface area (Å²) in [7, 11) is -3.96. The Morgan fingerprint density at radius 3 is 2.60 bits per heavy atom. The van der Waals surface area contributed by atoms with Gasteiger partial charge in [-0.2, -0.15) is 0 Å². The molecule has 0 aliphatic carbocycles. The van der Waals surface area contributed by atoms with Crippen LogP contribution in [0.2, 0.25) is 5.02 Å². The van der Waals surface area contributed by atoms with Crippen LogP contribution in [0.4, 0.5) is 15.8 Å². The van der Waals surface area contributed by atoms with Gasteiger partial charge in [-0.25, -0.2) is 12.8 Å². The Morgan fingerprint density at radius 2 is 1.90 bits per heavy atom. The van der Waals surface area contributed by atoms with Gasteiger partial charge in [0.25, 0.3) is 10.0 Å². The maximum absolute atomic E-state index is 13.1. The van der Waals surface area contributed by atoms with E-state index in [4.69, 9.17) is 17.3 Å². The molecule has 2 aromatic rings. The number of anilines is 2. The fourth-order valence-corrected chi connectivity index (χ4v) is 3.48. The number of hydrogen-bond donors (Lipinski definition) is 2. The molecule has 0 amide bonds. The first-order valence-electron chi connectivity index (χ1n) is 5.32. The predicted molar refractivity (Wildman–Crippen MR) is 80.8 cm³/mol. The Kier molecular flexibility index (Phi) is 4.22. The maximum atomic E-state index is 13.1. The highest BCUT2D eigenvalue weighted by Crippen LogP contribution is 2.28. The minimum Gasteiger partial charge on any atom is -0.398 e. The van der Waals surface area contributed by atoms with Crippen molar-refractivity contribution in [1.82, 2.24) is 0 Å². The van der Waals surface area contributed by atoms with Gasteiger partial charge in [-0.1, -0.05) is 27.5 Å². The SMILES string of the molecule is Nc1ccc(Br)cc1S(=O)(=O)Nc1cc(F)ccc1Cl. The molecule has 0 fully saturated rings. The number of rotatable bonds is 3. The number of halogens is 3. The van der Waals surface area contributed by atoms with Crippen LogP contribution in [-0.4, -0.2) is 8.42 Å². The summed E-state index contributed by atoms with van der Waals surface area (Å²) in [6.07, 6.45) is 0. The lowest BCUT2D eigenvalue weighted by molar-refractivity contribution is 0.601. The molecule has 0 bridgehead atoms. The topological polar surface area (TPSA) is 72.2 Å². The van der Waals surface area contributed by atoms with Gasteiger partial charge in [0.1, 0.15) is 10.7 Å². The van der Waals surface area contributed by atoms with Crippen molar-refractivity contribution in [3.8, 4) is 0 Å². The predicted octanol–water partition coefficient (Wildman–Crippen LogP) is 3.62. The lowest BCUT2D eigenvalue weighted by Gasteiger charge is -2.11. The number of nitrogen functional groups attached to an aromatic ring is 1. The standard InChI is InChI=1S/C12H9BrClFN2O2S/c13-7-1-4-10(16)12(5-7)20(18,19)17-11-6-8(15)2-3-9(11)14/h1-6,17H,16H2. The highest BCUT2D eigenvalue weighted by molar-refractivity contribution is 9.10. The van der Waals surface area contributed by atoms with Gasteiger partial charge in [0.2, 0.25) is 0 Å². The van der Waals surface area contributed by atoms with E-state index >= 15 is 0 Å². The van der Waals surface area contributed by atoms with Gasteiger partial charge in [0, 0.05) is 4.47 Å². The summed E-state index contributed by atoms with van der Waals surface area (Å²) < 4.78 is 40.4. The van der Waals surface area contributed by atoms with Gasteiger partial charge in [0.15, 0.2) is 0 Å². The quantitative estimate of drug-likeness (QED) is 0.800. The molecule has 0 atom stereocenters. The summed E-state index contributed by atoms with van der Waals surface area (Å²) >= 11 is 8.99. The average Bonchev–Trinajstić information content (AvgIpc) is 2.36. The Hall–Kier alpha value is -1.31. The van der Waals surface area contributed by atoms with E-state index in [0.717, 1.165) is 12.1 Å². The van der Waals surface area contributed by atoms with Crippen LogP contribution in [0.25, 0.3) is 0 Å². The first-order chi connectivity index (χ1) is 9.29. The fourth-order valence-electron chi connectivity index (χ4n) is 1.52. The zero-order valence-corrected chi connectivity index (χ0v) is 13.1. The molecule has 0 heterocycles. The van der Waals surface area contributed by atoms with Crippen LogP contribution in [0.1, 0.15) is 0 Å². The summed E-state index contributed by atoms with van der Waals surface area (Å²) in [6.45, 7) is 0. The van der Waals surface area contributed by atoms with Crippen molar-refractivity contribution in [2.24, 2.45) is 0 Å². The summed E-state index contributed by atoms with van der Waals surface area (Å²) in [5, 5.41) is 0.0866. The molecule has 4 nitrogen and oxygen atoms in total. The van der Waals surface area contributed by atoms with Gasteiger partial charge in [-0.05, 0) is 36.4 Å². The van der Waals surface area contributed by atoms with E-state index in [2.05, 4.69) is 20.7 Å². The summed E-state index contributed by atoms with van der Waals surface area (Å²) in [5.41, 5.74) is 5.68. The molecule has 0 aliphatic heterocycles. The number of hydrogen-bond acceptors (Lipinski definition) is 3. The van der Waals surface area contributed by atoms with Crippen molar-refractivity contribution in [2.75, 3.05) is 10.5 Å². The molecule has 2 aromatic carbocycles. The van der Waals surface area contributed by atoms with Gasteiger partial charge < -0.3 is 5.73 Å². The summed E-state index contributed by atoms with van der Waals surface area (Å²) in [4.78, 5) is -0.118. The average molecular weight is 380 g/mol. The first-order valence-corrected chi connectivity index (χ1v) is 7.98. The van der Waals surface area contributed by atoms with Crippen LogP contribution in [0.3, 0.4) is 0 Å². The van der Waals surface area contributed by atoms with Gasteiger partial charge in [-0.3, -0.25) is 4.72 Å². The molecule has 2 rings (SSSR count). The third kappa shape index (κ3) is 3.23. The normalized spacial score (nSPS) is 11.3. The monoisotopic (exact) mass is 378 g/mol. The molecule has 0 spiro atoms. The van der Waals surface area contributed by atoms with E-state index in [0.29, 0.717) is 4.47 Å². The number of sulfonamides is 1. The second kappa shape index (κ2) is 5.59. The molecule has 106 valence electrons. The minimum absolute atomic E-state index is 0.0500. The Labute approximate surface area is 128 Å². The van der Waals surface area contributed by atoms with Crippen LogP contribution in [0.5, 0.6) is 0 Å². The van der Waals surface area contributed by atoms with Crippen molar-refractivity contribution in [1.29, 1.82) is 0 Å². The lowest BCUT2D eigenvalue weighted by Crippen LogP contribution is -2.15. The van der Waals surface area contributed by atoms with Crippen molar-refractivity contribution < 1.29 is 12.8 Å². The largest absolute Gasteiger partial charge is 0.398 e. The zero-order chi connectivity index (χ0) is 14.9. The second-order valence-electron chi connectivity index (χ2n) is 3.91. The molecule has 20 heavy (non-hydrogen) atoms. The van der Waals surface area contributed by atoms with Crippen molar-refractivity contribution >= 4 is 48.9 Å². The molecule has 0 radical (unpaired) electrons. The van der Waals surface area contributed by atoms with Gasteiger partial charge in [-0.15, -0.1) is 0 Å². The van der Waals surface area contributed by atoms with Crippen molar-refractivity contribution in [3.05, 3.63) is 51.7 Å². The van der Waals surface area contributed by atoms with E-state index in [1.165, 1.54) is 18.2 Å². The van der Waals surface area contributed by atoms with Crippen molar-refractivity contribution in [3.63, 3.8) is 0 Å². The number of nitrogens with one attached hydrogen (secondary N) is 1. The van der Waals surface area contributed by atoms with Gasteiger partial charge >= 0.3 is 0 Å². The third-order valence-corrected chi connectivity index (χ3v) is 4.68. The first kappa shape index (κ1) is 15.1. The Balaban J connectivity index is 2.46.